The highest BCUT2D eigenvalue weighted by molar-refractivity contribution is 5.97. The lowest BCUT2D eigenvalue weighted by Crippen LogP contribution is -2.61. The van der Waals surface area contributed by atoms with Crippen molar-refractivity contribution in [2.24, 2.45) is 5.73 Å². The smallest absolute Gasteiger partial charge is 0.325 e. The quantitative estimate of drug-likeness (QED) is 0.830. The maximum absolute atomic E-state index is 11.9. The molecule has 1 amide bonds. The van der Waals surface area contributed by atoms with Gasteiger partial charge in [0.15, 0.2) is 0 Å². The van der Waals surface area contributed by atoms with Crippen LogP contribution in [0.2, 0.25) is 0 Å². The van der Waals surface area contributed by atoms with Gasteiger partial charge in [-0.3, -0.25) is 9.59 Å². The third-order valence-electron chi connectivity index (χ3n) is 3.71. The molecule has 20 heavy (non-hydrogen) atoms. The number of carbonyl (C=O) groups excluding carboxylic acids is 1. The van der Waals surface area contributed by atoms with Gasteiger partial charge in [0.05, 0.1) is 19.3 Å². The number of methoxy groups -OCH3 is 1. The molecule has 1 aromatic rings. The number of nitrogens with zero attached hydrogens (tertiary/aromatic N) is 1. The number of carboxylic acid groups (broad SMARTS) is 1. The van der Waals surface area contributed by atoms with Gasteiger partial charge in [-0.1, -0.05) is 6.07 Å². The number of nitrogens with two attached hydrogens (primary N) is 1. The van der Waals surface area contributed by atoms with E-state index < -0.39 is 11.5 Å². The van der Waals surface area contributed by atoms with E-state index in [0.29, 0.717) is 11.4 Å². The molecule has 3 N–H and O–H groups in total. The van der Waals surface area contributed by atoms with Crippen LogP contribution in [0.4, 0.5) is 5.69 Å². The lowest BCUT2D eigenvalue weighted by atomic mass is 9.84. The molecule has 1 atom stereocenters. The second kappa shape index (κ2) is 4.79. The highest BCUT2D eigenvalue weighted by atomic mass is 16.5. The fourth-order valence-corrected chi connectivity index (χ4v) is 2.54. The summed E-state index contributed by atoms with van der Waals surface area (Å²) >= 11 is 0. The van der Waals surface area contributed by atoms with Crippen LogP contribution in [0.15, 0.2) is 12.1 Å². The van der Waals surface area contributed by atoms with Crippen molar-refractivity contribution in [1.82, 2.24) is 0 Å². The minimum Gasteiger partial charge on any atom is -0.495 e. The Kier molecular flexibility index (Phi) is 3.43. The number of anilines is 1. The Labute approximate surface area is 117 Å². The molecule has 0 radical (unpaired) electrons. The van der Waals surface area contributed by atoms with E-state index in [2.05, 4.69) is 0 Å². The number of carboxylic acids is 1. The van der Waals surface area contributed by atoms with E-state index in [1.54, 1.807) is 6.07 Å². The number of carbonyl (C=O) groups is 2. The molecule has 1 aromatic carbocycles. The molecule has 1 unspecified atom stereocenters. The summed E-state index contributed by atoms with van der Waals surface area (Å²) < 4.78 is 5.29. The summed E-state index contributed by atoms with van der Waals surface area (Å²) in [7, 11) is 1.52. The zero-order valence-corrected chi connectivity index (χ0v) is 11.8. The van der Waals surface area contributed by atoms with Crippen molar-refractivity contribution >= 4 is 17.6 Å². The largest absolute Gasteiger partial charge is 0.495 e. The standard InChI is InChI=1S/C14H18N2O4/c1-8-4-5-11(20-3)12-10(8)6-14(15,13(18)19)7-16(12)9(2)17/h4-5H,6-7,15H2,1-3H3,(H,18,19). The lowest BCUT2D eigenvalue weighted by molar-refractivity contribution is -0.143. The molecule has 0 saturated heterocycles. The Bertz CT molecular complexity index is 585. The van der Waals surface area contributed by atoms with Crippen LogP contribution in [0.25, 0.3) is 0 Å². The number of fused-ring (bicyclic) bond motifs is 1. The van der Waals surface area contributed by atoms with Crippen LogP contribution in [0, 0.1) is 6.92 Å². The molecule has 0 bridgehead atoms. The van der Waals surface area contributed by atoms with E-state index in [0.717, 1.165) is 11.1 Å². The summed E-state index contributed by atoms with van der Waals surface area (Å²) in [4.78, 5) is 24.7. The highest BCUT2D eigenvalue weighted by Crippen LogP contribution is 2.40. The molecule has 0 fully saturated rings. The molecule has 6 nitrogen and oxygen atoms in total. The molecule has 0 aromatic heterocycles. The van der Waals surface area contributed by atoms with E-state index in [1.807, 2.05) is 13.0 Å². The van der Waals surface area contributed by atoms with Crippen LogP contribution in [0.1, 0.15) is 18.1 Å². The van der Waals surface area contributed by atoms with Gasteiger partial charge < -0.3 is 20.5 Å². The molecule has 1 aliphatic heterocycles. The number of amides is 1. The maximum atomic E-state index is 11.9. The third-order valence-corrected chi connectivity index (χ3v) is 3.71. The molecule has 0 saturated carbocycles. The normalized spacial score (nSPS) is 21.3. The van der Waals surface area contributed by atoms with Crippen molar-refractivity contribution in [3.8, 4) is 5.75 Å². The van der Waals surface area contributed by atoms with Crippen molar-refractivity contribution in [2.75, 3.05) is 18.6 Å². The van der Waals surface area contributed by atoms with Crippen LogP contribution >= 0.6 is 0 Å². The van der Waals surface area contributed by atoms with Crippen LogP contribution < -0.4 is 15.4 Å². The third kappa shape index (κ3) is 2.12. The van der Waals surface area contributed by atoms with Crippen molar-refractivity contribution < 1.29 is 19.4 Å². The van der Waals surface area contributed by atoms with Gasteiger partial charge in [0.2, 0.25) is 5.91 Å². The first-order valence-corrected chi connectivity index (χ1v) is 6.27. The van der Waals surface area contributed by atoms with Gasteiger partial charge in [-0.25, -0.2) is 0 Å². The van der Waals surface area contributed by atoms with Gasteiger partial charge in [0, 0.05) is 13.3 Å². The molecular formula is C14H18N2O4. The first kappa shape index (κ1) is 14.3. The van der Waals surface area contributed by atoms with Crippen molar-refractivity contribution in [3.05, 3.63) is 23.3 Å². The predicted molar refractivity (Wildman–Crippen MR) is 74.0 cm³/mol. The predicted octanol–water partition coefficient (Wildman–Crippen LogP) is 0.695. The summed E-state index contributed by atoms with van der Waals surface area (Å²) in [5.41, 5.74) is 6.76. The molecule has 1 aliphatic rings. The molecule has 0 spiro atoms. The summed E-state index contributed by atoms with van der Waals surface area (Å²) in [6.07, 6.45) is 0.171. The number of aryl methyl sites for hydroxylation is 1. The van der Waals surface area contributed by atoms with Gasteiger partial charge in [-0.15, -0.1) is 0 Å². The van der Waals surface area contributed by atoms with Gasteiger partial charge >= 0.3 is 5.97 Å². The maximum Gasteiger partial charge on any atom is 0.325 e. The fraction of sp³-hybridized carbons (Fsp3) is 0.429. The van der Waals surface area contributed by atoms with Gasteiger partial charge in [-0.2, -0.15) is 0 Å². The second-order valence-corrected chi connectivity index (χ2v) is 5.16. The summed E-state index contributed by atoms with van der Waals surface area (Å²) in [5.74, 6) is -0.823. The Morgan fingerprint density at radius 2 is 2.10 bits per heavy atom. The zero-order chi connectivity index (χ0) is 15.1. The Hall–Kier alpha value is -2.08. The summed E-state index contributed by atoms with van der Waals surface area (Å²) in [6, 6.07) is 3.61. The van der Waals surface area contributed by atoms with E-state index in [1.165, 1.54) is 18.9 Å². The van der Waals surface area contributed by atoms with E-state index in [9.17, 15) is 14.7 Å². The number of rotatable bonds is 2. The Balaban J connectivity index is 2.67. The first-order valence-electron chi connectivity index (χ1n) is 6.27. The SMILES string of the molecule is COc1ccc(C)c2c1N(C(C)=O)CC(N)(C(=O)O)C2. The minimum absolute atomic E-state index is 0.0650. The van der Waals surface area contributed by atoms with Crippen LogP contribution in [0.3, 0.4) is 0 Å². The van der Waals surface area contributed by atoms with Crippen LogP contribution in [0.5, 0.6) is 5.75 Å². The molecule has 108 valence electrons. The number of hydrogen-bond donors (Lipinski definition) is 2. The first-order chi connectivity index (χ1) is 9.30. The second-order valence-electron chi connectivity index (χ2n) is 5.16. The van der Waals surface area contributed by atoms with Crippen LogP contribution in [-0.4, -0.2) is 36.2 Å². The number of hydrogen-bond acceptors (Lipinski definition) is 4. The average molecular weight is 278 g/mol. The summed E-state index contributed by atoms with van der Waals surface area (Å²) in [6.45, 7) is 3.19. The number of benzene rings is 1. The monoisotopic (exact) mass is 278 g/mol. The Morgan fingerprint density at radius 1 is 1.45 bits per heavy atom. The lowest BCUT2D eigenvalue weighted by Gasteiger charge is -2.39. The molecule has 2 rings (SSSR count). The number of aliphatic carboxylic acids is 1. The molecular weight excluding hydrogens is 260 g/mol. The number of ether oxygens (including phenoxy) is 1. The van der Waals surface area contributed by atoms with E-state index in [4.69, 9.17) is 10.5 Å². The average Bonchev–Trinajstić information content (AvgIpc) is 2.39. The fourth-order valence-electron chi connectivity index (χ4n) is 2.54. The Morgan fingerprint density at radius 3 is 2.60 bits per heavy atom. The summed E-state index contributed by atoms with van der Waals surface area (Å²) in [5, 5.41) is 9.35. The van der Waals surface area contributed by atoms with Gasteiger partial charge in [-0.05, 0) is 24.1 Å². The molecule has 6 heteroatoms. The zero-order valence-electron chi connectivity index (χ0n) is 11.8. The molecule has 1 heterocycles. The van der Waals surface area contributed by atoms with Crippen molar-refractivity contribution in [1.29, 1.82) is 0 Å². The highest BCUT2D eigenvalue weighted by Gasteiger charge is 2.43. The molecule has 0 aliphatic carbocycles. The topological polar surface area (TPSA) is 92.9 Å². The van der Waals surface area contributed by atoms with Crippen molar-refractivity contribution in [3.63, 3.8) is 0 Å². The van der Waals surface area contributed by atoms with Crippen LogP contribution in [-0.2, 0) is 16.0 Å². The minimum atomic E-state index is -1.48. The van der Waals surface area contributed by atoms with Gasteiger partial charge in [0.1, 0.15) is 11.3 Å². The van der Waals surface area contributed by atoms with Crippen molar-refractivity contribution in [2.45, 2.75) is 25.8 Å². The van der Waals surface area contributed by atoms with E-state index in [-0.39, 0.29) is 18.9 Å². The van der Waals surface area contributed by atoms with E-state index >= 15 is 0 Å². The van der Waals surface area contributed by atoms with Gasteiger partial charge in [0.25, 0.3) is 0 Å².